The van der Waals surface area contributed by atoms with Crippen LogP contribution in [0.5, 0.6) is 0 Å². The summed E-state index contributed by atoms with van der Waals surface area (Å²) in [5, 5.41) is 4.53. The third kappa shape index (κ3) is 109. The van der Waals surface area contributed by atoms with Crippen LogP contribution >= 0.6 is 38.9 Å². The molecule has 3 N–H and O–H groups in total. The smallest absolute Gasteiger partial charge is 0.339 e. The van der Waals surface area contributed by atoms with Crippen LogP contribution in [0.15, 0.2) is 0 Å². The predicted molar refractivity (Wildman–Crippen MR) is 41.3 cm³/mol. The summed E-state index contributed by atoms with van der Waals surface area (Å²) >= 11 is 13.8. The fourth-order valence-electron chi connectivity index (χ4n) is 0. The maximum absolute atomic E-state index is 9.51. The van der Waals surface area contributed by atoms with Crippen molar-refractivity contribution in [1.82, 2.24) is 0 Å². The molecule has 0 saturated carbocycles. The van der Waals surface area contributed by atoms with Crippen LogP contribution in [0.2, 0.25) is 0 Å². The quantitative estimate of drug-likeness (QED) is 0.654. The second kappa shape index (κ2) is 7.13. The highest BCUT2D eigenvalue weighted by Crippen LogP contribution is 2.61. The zero-order valence-electron chi connectivity index (χ0n) is 4.43. The van der Waals surface area contributed by atoms with Gasteiger partial charge in [0.1, 0.15) is 0 Å². The number of halogens is 3. The van der Waals surface area contributed by atoms with E-state index in [4.69, 9.17) is 10.8 Å². The van der Waals surface area contributed by atoms with E-state index < -0.39 is 5.20 Å². The first kappa shape index (κ1) is 12.7. The van der Waals surface area contributed by atoms with Crippen molar-refractivity contribution in [3.8, 4) is 0 Å². The zero-order chi connectivity index (χ0) is 7.91. The van der Waals surface area contributed by atoms with Crippen LogP contribution in [0.25, 0.3) is 0 Å². The maximum Gasteiger partial charge on any atom is 0.339 e. The minimum Gasteiger partial charge on any atom is -0.395 e. The van der Waals surface area contributed by atoms with Crippen LogP contribution in [-0.2, 0) is 4.57 Å². The van der Waals surface area contributed by atoms with E-state index in [0.717, 1.165) is 0 Å². The molecule has 3 nitrogen and oxygen atoms in total. The maximum atomic E-state index is 9.51. The van der Waals surface area contributed by atoms with Gasteiger partial charge in [-0.1, -0.05) is 0 Å². The van der Waals surface area contributed by atoms with Crippen LogP contribution in [0.1, 0.15) is 0 Å². The molecule has 0 unspecified atom stereocenters. The van der Waals surface area contributed by atoms with Crippen molar-refractivity contribution in [3.63, 3.8) is 0 Å². The predicted octanol–water partition coefficient (Wildman–Crippen LogP) is 1.75. The van der Waals surface area contributed by atoms with Gasteiger partial charge in [0.2, 0.25) is 0 Å². The Kier molecular flexibility index (Phi) is 10.0. The molecule has 0 fully saturated rings. The van der Waals surface area contributed by atoms with E-state index in [2.05, 4.69) is 33.7 Å². The first-order valence-corrected chi connectivity index (χ1v) is 6.34. The molecular formula is C2H7Cl3NO2P. The summed E-state index contributed by atoms with van der Waals surface area (Å²) in [5.74, 6) is 0. The molecule has 9 heavy (non-hydrogen) atoms. The Morgan fingerprint density at radius 2 is 1.56 bits per heavy atom. The van der Waals surface area contributed by atoms with Gasteiger partial charge in [-0.05, 0) is 33.7 Å². The molecule has 0 aromatic rings. The Bertz CT molecular complexity index is 83.5. The van der Waals surface area contributed by atoms with Crippen LogP contribution in [0.4, 0.5) is 0 Å². The summed E-state index contributed by atoms with van der Waals surface area (Å²) in [4.78, 5) is 0. The normalized spacial score (nSPS) is 9.89. The first-order valence-electron chi connectivity index (χ1n) is 1.91. The van der Waals surface area contributed by atoms with Crippen molar-refractivity contribution >= 4 is 38.9 Å². The van der Waals surface area contributed by atoms with E-state index in [-0.39, 0.29) is 6.61 Å². The first-order chi connectivity index (χ1) is 3.91. The summed E-state index contributed by atoms with van der Waals surface area (Å²) < 4.78 is 9.51. The molecule has 0 atom stereocenters. The lowest BCUT2D eigenvalue weighted by Crippen LogP contribution is -2.02. The van der Waals surface area contributed by atoms with Crippen molar-refractivity contribution in [2.75, 3.05) is 13.2 Å². The van der Waals surface area contributed by atoms with E-state index in [0.29, 0.717) is 6.54 Å². The molecule has 0 aliphatic carbocycles. The second-order valence-electron chi connectivity index (χ2n) is 0.911. The highest BCUT2D eigenvalue weighted by molar-refractivity contribution is 8.24. The lowest BCUT2D eigenvalue weighted by Gasteiger charge is -1.74. The molecule has 0 bridgehead atoms. The third-order valence-electron chi connectivity index (χ3n) is 0.129. The molecule has 0 aliphatic heterocycles. The highest BCUT2D eigenvalue weighted by Gasteiger charge is 2.02. The van der Waals surface area contributed by atoms with Crippen LogP contribution < -0.4 is 5.73 Å². The minimum absolute atomic E-state index is 0.0972. The third-order valence-corrected chi connectivity index (χ3v) is 0.129. The molecule has 0 heterocycles. The number of rotatable bonds is 1. The van der Waals surface area contributed by atoms with Crippen molar-refractivity contribution < 1.29 is 9.67 Å². The summed E-state index contributed by atoms with van der Waals surface area (Å²) in [6, 6.07) is 0. The Hall–Kier alpha value is 1.02. The summed E-state index contributed by atoms with van der Waals surface area (Å²) in [6.07, 6.45) is 0. The Morgan fingerprint density at radius 3 is 1.56 bits per heavy atom. The highest BCUT2D eigenvalue weighted by atomic mass is 36.0. The van der Waals surface area contributed by atoms with Gasteiger partial charge in [-0.15, -0.1) is 0 Å². The number of aliphatic hydroxyl groups is 1. The molecule has 0 spiro atoms. The molecule has 7 heteroatoms. The van der Waals surface area contributed by atoms with Crippen LogP contribution in [0.3, 0.4) is 0 Å². The van der Waals surface area contributed by atoms with Gasteiger partial charge in [-0.3, -0.25) is 4.57 Å². The molecule has 0 aromatic carbocycles. The number of hydrogen-bond acceptors (Lipinski definition) is 3. The van der Waals surface area contributed by atoms with Crippen molar-refractivity contribution in [2.24, 2.45) is 5.73 Å². The average molecular weight is 214 g/mol. The van der Waals surface area contributed by atoms with Crippen molar-refractivity contribution in [2.45, 2.75) is 0 Å². The minimum atomic E-state index is -3.22. The van der Waals surface area contributed by atoms with E-state index in [1.54, 1.807) is 0 Å². The van der Waals surface area contributed by atoms with Gasteiger partial charge in [0.15, 0.2) is 0 Å². The lowest BCUT2D eigenvalue weighted by molar-refractivity contribution is 0.306. The standard InChI is InChI=1S/C2H7NO.Cl3OP/c3-1-2-4;1-5(2,3)4/h4H,1-3H2;. The van der Waals surface area contributed by atoms with Gasteiger partial charge in [0, 0.05) is 6.54 Å². The number of hydrogen-bond donors (Lipinski definition) is 2. The largest absolute Gasteiger partial charge is 0.395 e. The Labute approximate surface area is 67.8 Å². The van der Waals surface area contributed by atoms with Crippen molar-refractivity contribution in [3.05, 3.63) is 0 Å². The Balaban J connectivity index is 0. The van der Waals surface area contributed by atoms with E-state index in [1.807, 2.05) is 0 Å². The zero-order valence-corrected chi connectivity index (χ0v) is 7.59. The molecule has 0 rings (SSSR count). The molecule has 58 valence electrons. The van der Waals surface area contributed by atoms with Crippen LogP contribution in [-0.4, -0.2) is 18.3 Å². The van der Waals surface area contributed by atoms with Gasteiger partial charge in [0.05, 0.1) is 6.61 Å². The van der Waals surface area contributed by atoms with E-state index >= 15 is 0 Å². The SMILES string of the molecule is NCCO.O=P(Cl)(Cl)Cl. The summed E-state index contributed by atoms with van der Waals surface area (Å²) in [7, 11) is 0. The van der Waals surface area contributed by atoms with Gasteiger partial charge >= 0.3 is 5.20 Å². The van der Waals surface area contributed by atoms with Gasteiger partial charge < -0.3 is 10.8 Å². The monoisotopic (exact) mass is 213 g/mol. The fourth-order valence-corrected chi connectivity index (χ4v) is 0. The van der Waals surface area contributed by atoms with Gasteiger partial charge in [0.25, 0.3) is 0 Å². The number of aliphatic hydroxyl groups excluding tert-OH is 1. The van der Waals surface area contributed by atoms with Gasteiger partial charge in [-0.25, -0.2) is 0 Å². The van der Waals surface area contributed by atoms with E-state index in [1.165, 1.54) is 0 Å². The van der Waals surface area contributed by atoms with Crippen molar-refractivity contribution in [1.29, 1.82) is 0 Å². The van der Waals surface area contributed by atoms with Gasteiger partial charge in [-0.2, -0.15) is 0 Å². The molecule has 0 radical (unpaired) electrons. The topological polar surface area (TPSA) is 63.3 Å². The van der Waals surface area contributed by atoms with E-state index in [9.17, 15) is 4.57 Å². The summed E-state index contributed by atoms with van der Waals surface area (Å²) in [5.41, 5.74) is 4.78. The summed E-state index contributed by atoms with van der Waals surface area (Å²) in [6.45, 7) is 0.472. The lowest BCUT2D eigenvalue weighted by atomic mass is 10.8. The van der Waals surface area contributed by atoms with Crippen LogP contribution in [0, 0.1) is 0 Å². The molecular weight excluding hydrogens is 207 g/mol. The second-order valence-corrected chi connectivity index (χ2v) is 7.55. The average Bonchev–Trinajstić information content (AvgIpc) is 1.61. The number of nitrogens with two attached hydrogens (primary N) is 1. The fraction of sp³-hybridized carbons (Fsp3) is 1.00. The Morgan fingerprint density at radius 1 is 1.44 bits per heavy atom. The molecule has 0 aliphatic rings. The molecule has 0 amide bonds. The molecule has 0 aromatic heterocycles. The molecule has 0 saturated heterocycles.